The number of carbonyl (C=O) groups excluding carboxylic acids is 1. The van der Waals surface area contributed by atoms with E-state index in [9.17, 15) is 4.79 Å². The Hall–Kier alpha value is -1.79. The molecular weight excluding hydrogens is 439 g/mol. The predicted octanol–water partition coefficient (Wildman–Crippen LogP) is 5.65. The molecule has 1 aliphatic heterocycles. The largest absolute Gasteiger partial charge is 0.486 e. The van der Waals surface area contributed by atoms with E-state index in [0.29, 0.717) is 50.3 Å². The summed E-state index contributed by atoms with van der Waals surface area (Å²) < 4.78 is 5.78. The summed E-state index contributed by atoms with van der Waals surface area (Å²) >= 11 is 23.9. The Bertz CT molecular complexity index is 937. The number of carbonyl (C=O) groups is 1. The molecule has 1 aliphatic rings. The number of likely N-dealkylation sites (N-methyl/N-ethyl adjacent to an activating group) is 2. The summed E-state index contributed by atoms with van der Waals surface area (Å²) in [4.78, 5) is 15.7. The molecule has 0 N–H and O–H groups in total. The highest BCUT2D eigenvalue weighted by molar-refractivity contribution is 7.80. The van der Waals surface area contributed by atoms with E-state index in [-0.39, 0.29) is 5.91 Å². The molecule has 0 atom stereocenters. The topological polar surface area (TPSA) is 32.8 Å². The van der Waals surface area contributed by atoms with E-state index in [2.05, 4.69) is 0 Å². The lowest BCUT2D eigenvalue weighted by molar-refractivity contribution is -0.122. The second-order valence-electron chi connectivity index (χ2n) is 6.15. The molecule has 0 spiro atoms. The van der Waals surface area contributed by atoms with Gasteiger partial charge in [0.05, 0.1) is 10.0 Å². The zero-order valence-electron chi connectivity index (χ0n) is 15.2. The van der Waals surface area contributed by atoms with Crippen molar-refractivity contribution in [1.82, 2.24) is 9.80 Å². The van der Waals surface area contributed by atoms with E-state index in [0.717, 1.165) is 5.56 Å². The van der Waals surface area contributed by atoms with Gasteiger partial charge in [0, 0.05) is 18.6 Å². The molecule has 0 aliphatic carbocycles. The molecular formula is C20H17Cl3N2O2S. The van der Waals surface area contributed by atoms with Crippen molar-refractivity contribution in [2.24, 2.45) is 0 Å². The van der Waals surface area contributed by atoms with Gasteiger partial charge in [-0.05, 0) is 60.6 Å². The minimum atomic E-state index is -0.148. The number of benzene rings is 2. The van der Waals surface area contributed by atoms with Crippen LogP contribution in [-0.4, -0.2) is 34.4 Å². The summed E-state index contributed by atoms with van der Waals surface area (Å²) in [5.74, 6) is 0.238. The standard InChI is InChI=1S/C20H17Cl3N2O2S/c1-3-25-19(26)17(24(2)20(25)28)10-13-8-15(22)18(16(23)9-13)27-11-12-4-6-14(21)7-5-12/h4-10H,3,11H2,1-2H3/b17-10-. The molecule has 146 valence electrons. The van der Waals surface area contributed by atoms with Crippen LogP contribution in [0.1, 0.15) is 18.1 Å². The molecule has 3 rings (SSSR count). The quantitative estimate of drug-likeness (QED) is 0.431. The fourth-order valence-corrected chi connectivity index (χ4v) is 3.83. The van der Waals surface area contributed by atoms with Crippen molar-refractivity contribution < 1.29 is 9.53 Å². The normalized spacial score (nSPS) is 15.7. The molecule has 0 aromatic heterocycles. The van der Waals surface area contributed by atoms with Gasteiger partial charge in [0.2, 0.25) is 0 Å². The third-order valence-electron chi connectivity index (χ3n) is 4.28. The smallest absolute Gasteiger partial charge is 0.276 e. The maximum atomic E-state index is 12.5. The van der Waals surface area contributed by atoms with Crippen LogP contribution in [-0.2, 0) is 11.4 Å². The van der Waals surface area contributed by atoms with E-state index in [1.165, 1.54) is 4.90 Å². The van der Waals surface area contributed by atoms with Crippen LogP contribution in [0.3, 0.4) is 0 Å². The van der Waals surface area contributed by atoms with E-state index in [4.69, 9.17) is 51.8 Å². The molecule has 0 saturated carbocycles. The highest BCUT2D eigenvalue weighted by Gasteiger charge is 2.34. The van der Waals surface area contributed by atoms with Crippen molar-refractivity contribution in [3.05, 3.63) is 68.3 Å². The van der Waals surface area contributed by atoms with Crippen LogP contribution in [0.4, 0.5) is 0 Å². The predicted molar refractivity (Wildman–Crippen MR) is 118 cm³/mol. The molecule has 2 aromatic carbocycles. The summed E-state index contributed by atoms with van der Waals surface area (Å²) in [5.41, 5.74) is 2.09. The molecule has 0 radical (unpaired) electrons. The Labute approximate surface area is 184 Å². The number of ether oxygens (including phenoxy) is 1. The van der Waals surface area contributed by atoms with Gasteiger partial charge < -0.3 is 9.64 Å². The Kier molecular flexibility index (Phi) is 6.50. The molecule has 0 unspecified atom stereocenters. The molecule has 2 aromatic rings. The molecule has 1 heterocycles. The van der Waals surface area contributed by atoms with Crippen molar-refractivity contribution >= 4 is 64.1 Å². The number of nitrogens with zero attached hydrogens (tertiary/aromatic N) is 2. The van der Waals surface area contributed by atoms with Gasteiger partial charge in [-0.2, -0.15) is 0 Å². The highest BCUT2D eigenvalue weighted by Crippen LogP contribution is 2.36. The van der Waals surface area contributed by atoms with Crippen LogP contribution in [0.25, 0.3) is 6.08 Å². The Morgan fingerprint density at radius 3 is 2.25 bits per heavy atom. The fourth-order valence-electron chi connectivity index (χ4n) is 2.78. The van der Waals surface area contributed by atoms with Crippen molar-refractivity contribution in [2.45, 2.75) is 13.5 Å². The van der Waals surface area contributed by atoms with Gasteiger partial charge in [-0.15, -0.1) is 0 Å². The van der Waals surface area contributed by atoms with Gasteiger partial charge in [0.1, 0.15) is 12.3 Å². The van der Waals surface area contributed by atoms with Gasteiger partial charge in [-0.25, -0.2) is 0 Å². The van der Waals surface area contributed by atoms with Crippen LogP contribution in [0, 0.1) is 0 Å². The van der Waals surface area contributed by atoms with Crippen LogP contribution in [0.2, 0.25) is 15.1 Å². The lowest BCUT2D eigenvalue weighted by atomic mass is 10.1. The van der Waals surface area contributed by atoms with E-state index in [1.54, 1.807) is 42.3 Å². The fraction of sp³-hybridized carbons (Fsp3) is 0.200. The number of hydrogen-bond acceptors (Lipinski definition) is 3. The first-order valence-corrected chi connectivity index (χ1v) is 10.0. The van der Waals surface area contributed by atoms with Crippen LogP contribution >= 0.6 is 47.0 Å². The zero-order chi connectivity index (χ0) is 20.4. The average molecular weight is 456 g/mol. The molecule has 1 amide bonds. The van der Waals surface area contributed by atoms with Gasteiger partial charge in [-0.1, -0.05) is 46.9 Å². The van der Waals surface area contributed by atoms with E-state index >= 15 is 0 Å². The molecule has 4 nitrogen and oxygen atoms in total. The first kappa shape index (κ1) is 20.9. The first-order chi connectivity index (χ1) is 13.3. The lowest BCUT2D eigenvalue weighted by Gasteiger charge is -2.14. The summed E-state index contributed by atoms with van der Waals surface area (Å²) in [6, 6.07) is 10.7. The number of rotatable bonds is 5. The number of hydrogen-bond donors (Lipinski definition) is 0. The highest BCUT2D eigenvalue weighted by atomic mass is 35.5. The van der Waals surface area contributed by atoms with Gasteiger partial charge in [0.25, 0.3) is 5.91 Å². The molecule has 0 bridgehead atoms. The summed E-state index contributed by atoms with van der Waals surface area (Å²) in [6.45, 7) is 2.69. The van der Waals surface area contributed by atoms with Crippen molar-refractivity contribution in [1.29, 1.82) is 0 Å². The summed E-state index contributed by atoms with van der Waals surface area (Å²) in [5, 5.41) is 1.84. The van der Waals surface area contributed by atoms with Crippen molar-refractivity contribution in [3.8, 4) is 5.75 Å². The monoisotopic (exact) mass is 454 g/mol. The van der Waals surface area contributed by atoms with Crippen molar-refractivity contribution in [2.75, 3.05) is 13.6 Å². The maximum Gasteiger partial charge on any atom is 0.276 e. The van der Waals surface area contributed by atoms with Gasteiger partial charge in [-0.3, -0.25) is 9.69 Å². The Morgan fingerprint density at radius 2 is 1.71 bits per heavy atom. The number of thiocarbonyl (C=S) groups is 1. The number of halogens is 3. The van der Waals surface area contributed by atoms with Crippen LogP contribution in [0.15, 0.2) is 42.1 Å². The summed E-state index contributed by atoms with van der Waals surface area (Å²) in [6.07, 6.45) is 1.71. The third-order valence-corrected chi connectivity index (χ3v) is 5.59. The van der Waals surface area contributed by atoms with Crippen molar-refractivity contribution in [3.63, 3.8) is 0 Å². The maximum absolute atomic E-state index is 12.5. The lowest BCUT2D eigenvalue weighted by Crippen LogP contribution is -2.30. The summed E-state index contributed by atoms with van der Waals surface area (Å²) in [7, 11) is 1.76. The zero-order valence-corrected chi connectivity index (χ0v) is 18.3. The van der Waals surface area contributed by atoms with E-state index in [1.807, 2.05) is 19.1 Å². The Balaban J connectivity index is 1.83. The van der Waals surface area contributed by atoms with E-state index < -0.39 is 0 Å². The second kappa shape index (κ2) is 8.70. The first-order valence-electron chi connectivity index (χ1n) is 8.49. The van der Waals surface area contributed by atoms with Crippen LogP contribution in [0.5, 0.6) is 5.75 Å². The minimum Gasteiger partial charge on any atom is -0.486 e. The van der Waals surface area contributed by atoms with Crippen LogP contribution < -0.4 is 4.74 Å². The molecule has 8 heteroatoms. The van der Waals surface area contributed by atoms with Gasteiger partial charge >= 0.3 is 0 Å². The molecule has 1 saturated heterocycles. The Morgan fingerprint density at radius 1 is 1.11 bits per heavy atom. The van der Waals surface area contributed by atoms with Gasteiger partial charge in [0.15, 0.2) is 10.9 Å². The SMILES string of the molecule is CCN1C(=O)/C(=C/c2cc(Cl)c(OCc3ccc(Cl)cc3)c(Cl)c2)N(C)C1=S. The number of amides is 1. The molecule has 28 heavy (non-hydrogen) atoms. The average Bonchev–Trinajstić information content (AvgIpc) is 2.85. The minimum absolute atomic E-state index is 0.148. The second-order valence-corrected chi connectivity index (χ2v) is 7.77. The molecule has 1 fully saturated rings. The third kappa shape index (κ3) is 4.28.